The normalized spacial score (nSPS) is 12.0. The molecule has 0 amide bonds. The Kier molecular flexibility index (Phi) is 12.4. The van der Waals surface area contributed by atoms with E-state index in [4.69, 9.17) is 22.1 Å². The third kappa shape index (κ3) is 7.44. The summed E-state index contributed by atoms with van der Waals surface area (Å²) in [6.45, 7) is 8.84. The summed E-state index contributed by atoms with van der Waals surface area (Å²) in [5.41, 5.74) is 2.31. The average Bonchev–Trinajstić information content (AvgIpc) is 2.83. The molecule has 36 heavy (non-hydrogen) atoms. The molecule has 0 saturated heterocycles. The van der Waals surface area contributed by atoms with Crippen molar-refractivity contribution in [3.05, 3.63) is 33.6 Å². The molecular weight excluding hydrogens is 502 g/mol. The number of halogens is 5. The van der Waals surface area contributed by atoms with Crippen LogP contribution in [0.4, 0.5) is 28.9 Å². The minimum absolute atomic E-state index is 0.0321. The molecule has 5 N–H and O–H groups in total. The van der Waals surface area contributed by atoms with Crippen LogP contribution in [0.25, 0.3) is 11.3 Å². The van der Waals surface area contributed by atoms with Crippen molar-refractivity contribution >= 4 is 29.3 Å². The first-order chi connectivity index (χ1) is 17.0. The summed E-state index contributed by atoms with van der Waals surface area (Å²) in [6, 6.07) is 0.832. The van der Waals surface area contributed by atoms with Crippen molar-refractivity contribution in [3.8, 4) is 17.1 Å². The number of hydrogen-bond acceptors (Lipinski definition) is 7. The largest absolute Gasteiger partial charge is 0.474 e. The average molecular weight is 536 g/mol. The van der Waals surface area contributed by atoms with Gasteiger partial charge in [0, 0.05) is 25.7 Å². The number of likely N-dealkylation sites (N-methyl/N-ethyl adjacent to an activating group) is 1. The molecule has 1 aromatic carbocycles. The SMILES string of the molecule is CC.CNCCNCCC(C)Oc1nc(-c2cc(N)c(F)c(C)c2C(F)(F)F)c(Cl)c(NC)c1C=O. The molecule has 0 bridgehead atoms. The lowest BCUT2D eigenvalue weighted by Crippen LogP contribution is -2.28. The van der Waals surface area contributed by atoms with Crippen LogP contribution in [0, 0.1) is 12.7 Å². The first-order valence-corrected chi connectivity index (χ1v) is 11.9. The number of anilines is 2. The number of alkyl halides is 3. The van der Waals surface area contributed by atoms with Gasteiger partial charge in [-0.1, -0.05) is 25.4 Å². The fourth-order valence-corrected chi connectivity index (χ4v) is 3.78. The summed E-state index contributed by atoms with van der Waals surface area (Å²) < 4.78 is 61.8. The van der Waals surface area contributed by atoms with Gasteiger partial charge in [0.15, 0.2) is 6.29 Å². The van der Waals surface area contributed by atoms with Gasteiger partial charge in [-0.25, -0.2) is 9.37 Å². The number of aromatic nitrogens is 1. The third-order valence-electron chi connectivity index (χ3n) is 5.17. The van der Waals surface area contributed by atoms with E-state index in [0.29, 0.717) is 19.3 Å². The van der Waals surface area contributed by atoms with Crippen LogP contribution in [-0.2, 0) is 6.18 Å². The second kappa shape index (κ2) is 14.2. The Morgan fingerprint density at radius 3 is 2.39 bits per heavy atom. The van der Waals surface area contributed by atoms with Gasteiger partial charge in [-0.3, -0.25) is 4.79 Å². The maximum atomic E-state index is 14.3. The van der Waals surface area contributed by atoms with Gasteiger partial charge in [0.1, 0.15) is 11.4 Å². The second-order valence-corrected chi connectivity index (χ2v) is 8.01. The van der Waals surface area contributed by atoms with Gasteiger partial charge in [-0.2, -0.15) is 13.2 Å². The Morgan fingerprint density at radius 1 is 1.22 bits per heavy atom. The number of rotatable bonds is 11. The van der Waals surface area contributed by atoms with Crippen LogP contribution in [0.3, 0.4) is 0 Å². The number of ether oxygens (including phenoxy) is 1. The number of carbonyl (C=O) groups is 1. The Balaban J connectivity index is 0.00000316. The Labute approximate surface area is 214 Å². The molecule has 0 spiro atoms. The predicted octanol–water partition coefficient (Wildman–Crippen LogP) is 5.30. The van der Waals surface area contributed by atoms with E-state index in [1.807, 2.05) is 20.9 Å². The van der Waals surface area contributed by atoms with Gasteiger partial charge in [0.25, 0.3) is 0 Å². The molecule has 2 aromatic rings. The molecule has 12 heteroatoms. The predicted molar refractivity (Wildman–Crippen MR) is 137 cm³/mol. The molecule has 1 aromatic heterocycles. The molecule has 0 fully saturated rings. The lowest BCUT2D eigenvalue weighted by Gasteiger charge is -2.22. The number of nitrogens with one attached hydrogen (secondary N) is 3. The fraction of sp³-hybridized carbons (Fsp3) is 0.500. The van der Waals surface area contributed by atoms with Crippen molar-refractivity contribution in [1.82, 2.24) is 15.6 Å². The number of nitrogen functional groups attached to an aromatic ring is 1. The smallest absolute Gasteiger partial charge is 0.417 e. The van der Waals surface area contributed by atoms with Gasteiger partial charge >= 0.3 is 6.18 Å². The number of pyridine rings is 1. The molecule has 7 nitrogen and oxygen atoms in total. The first-order valence-electron chi connectivity index (χ1n) is 11.5. The summed E-state index contributed by atoms with van der Waals surface area (Å²) in [5.74, 6) is -1.38. The van der Waals surface area contributed by atoms with E-state index >= 15 is 0 Å². The van der Waals surface area contributed by atoms with E-state index in [-0.39, 0.29) is 27.8 Å². The molecule has 1 unspecified atom stereocenters. The number of hydrogen-bond donors (Lipinski definition) is 4. The van der Waals surface area contributed by atoms with E-state index in [1.54, 1.807) is 6.92 Å². The summed E-state index contributed by atoms with van der Waals surface area (Å²) in [6.07, 6.45) is -4.37. The number of aldehydes is 1. The number of nitrogens with zero attached hydrogens (tertiary/aromatic N) is 1. The van der Waals surface area contributed by atoms with Gasteiger partial charge in [0.2, 0.25) is 5.88 Å². The van der Waals surface area contributed by atoms with Crippen LogP contribution >= 0.6 is 11.6 Å². The van der Waals surface area contributed by atoms with Crippen LogP contribution in [0.5, 0.6) is 5.88 Å². The Morgan fingerprint density at radius 2 is 1.86 bits per heavy atom. The minimum Gasteiger partial charge on any atom is -0.474 e. The zero-order chi connectivity index (χ0) is 27.6. The van der Waals surface area contributed by atoms with Gasteiger partial charge in [-0.05, 0) is 45.5 Å². The summed E-state index contributed by atoms with van der Waals surface area (Å²) in [5, 5.41) is 8.66. The molecule has 0 aliphatic heterocycles. The molecule has 0 saturated carbocycles. The molecule has 0 radical (unpaired) electrons. The number of carbonyl (C=O) groups excluding carboxylic acids is 1. The fourth-order valence-electron chi connectivity index (χ4n) is 3.44. The monoisotopic (exact) mass is 535 g/mol. The van der Waals surface area contributed by atoms with Crippen molar-refractivity contribution in [3.63, 3.8) is 0 Å². The highest BCUT2D eigenvalue weighted by molar-refractivity contribution is 6.36. The summed E-state index contributed by atoms with van der Waals surface area (Å²) in [7, 11) is 3.28. The van der Waals surface area contributed by atoms with Crippen molar-refractivity contribution in [2.45, 2.75) is 46.4 Å². The van der Waals surface area contributed by atoms with Crippen molar-refractivity contribution in [2.75, 3.05) is 44.8 Å². The molecule has 2 rings (SSSR count). The number of benzene rings is 1. The van der Waals surface area contributed by atoms with E-state index < -0.39 is 40.5 Å². The molecule has 1 heterocycles. The van der Waals surface area contributed by atoms with E-state index in [0.717, 1.165) is 26.1 Å². The summed E-state index contributed by atoms with van der Waals surface area (Å²) in [4.78, 5) is 16.0. The quantitative estimate of drug-likeness (QED) is 0.134. The van der Waals surface area contributed by atoms with Crippen LogP contribution in [0.15, 0.2) is 6.07 Å². The van der Waals surface area contributed by atoms with Crippen molar-refractivity contribution in [2.24, 2.45) is 0 Å². The highest BCUT2D eigenvalue weighted by atomic mass is 35.5. The lowest BCUT2D eigenvalue weighted by atomic mass is 9.96. The van der Waals surface area contributed by atoms with Crippen LogP contribution in [-0.4, -0.2) is 51.1 Å². The van der Waals surface area contributed by atoms with Crippen molar-refractivity contribution in [1.29, 1.82) is 0 Å². The standard InChI is InChI=1S/C22H28ClF4N5O2.C2H6/c1-11(5-6-31-8-7-29-3)34-21-14(10-33)19(30-4)17(23)20(32-21)13-9-15(28)18(24)12(2)16(13)22(25,26)27;1-2/h9-11,29,31H,5-8,28H2,1-4H3,(H,30,32);1-2H3. The van der Waals surface area contributed by atoms with E-state index in [9.17, 15) is 22.4 Å². The molecular formula is C24H34ClF4N5O2. The van der Waals surface area contributed by atoms with Gasteiger partial charge in [0.05, 0.1) is 33.8 Å². The molecule has 0 aliphatic carbocycles. The maximum Gasteiger partial charge on any atom is 0.417 e. The Hall–Kier alpha value is -2.63. The van der Waals surface area contributed by atoms with Gasteiger partial charge in [-0.15, -0.1) is 0 Å². The zero-order valence-electron chi connectivity index (χ0n) is 21.3. The Bertz CT molecular complexity index is 1040. The second-order valence-electron chi connectivity index (χ2n) is 7.63. The van der Waals surface area contributed by atoms with Gasteiger partial charge < -0.3 is 26.4 Å². The molecule has 202 valence electrons. The third-order valence-corrected chi connectivity index (χ3v) is 5.53. The van der Waals surface area contributed by atoms with Crippen LogP contribution < -0.4 is 26.4 Å². The van der Waals surface area contributed by atoms with Crippen molar-refractivity contribution < 1.29 is 27.1 Å². The van der Waals surface area contributed by atoms with Crippen LogP contribution in [0.2, 0.25) is 5.02 Å². The highest BCUT2D eigenvalue weighted by Crippen LogP contribution is 2.46. The van der Waals surface area contributed by atoms with E-state index in [1.165, 1.54) is 7.05 Å². The minimum atomic E-state index is -4.92. The maximum absolute atomic E-state index is 14.3. The highest BCUT2D eigenvalue weighted by Gasteiger charge is 2.39. The summed E-state index contributed by atoms with van der Waals surface area (Å²) >= 11 is 6.38. The topological polar surface area (TPSA) is 101 Å². The zero-order valence-corrected chi connectivity index (χ0v) is 22.0. The van der Waals surface area contributed by atoms with Crippen LogP contribution in [0.1, 0.15) is 48.7 Å². The first kappa shape index (κ1) is 31.4. The lowest BCUT2D eigenvalue weighted by molar-refractivity contribution is -0.137. The van der Waals surface area contributed by atoms with E-state index in [2.05, 4.69) is 20.9 Å². The molecule has 1 atom stereocenters. The molecule has 0 aliphatic rings. The number of nitrogens with two attached hydrogens (primary N) is 1.